The van der Waals surface area contributed by atoms with E-state index in [-0.39, 0.29) is 27.6 Å². The number of hydrogen-bond acceptors (Lipinski definition) is 3. The maximum Gasteiger partial charge on any atom is 0.416 e. The summed E-state index contributed by atoms with van der Waals surface area (Å²) in [6.45, 7) is 0. The van der Waals surface area contributed by atoms with Gasteiger partial charge in [0.2, 0.25) is 0 Å². The topological polar surface area (TPSA) is 43.6 Å². The molecule has 0 atom stereocenters. The molecule has 0 bridgehead atoms. The maximum absolute atomic E-state index is 14.6. The smallest absolute Gasteiger partial charge is 0.309 e. The highest BCUT2D eigenvalue weighted by atomic mass is 19.4. The number of fused-ring (bicyclic) bond motifs is 3. The minimum Gasteiger partial charge on any atom is -0.309 e. The molecular weight excluding hydrogens is 681 g/mol. The Morgan fingerprint density at radius 3 is 1.42 bits per heavy atom. The molecule has 2 aromatic heterocycles. The van der Waals surface area contributed by atoms with Gasteiger partial charge in [0, 0.05) is 33.2 Å². The lowest BCUT2D eigenvalue weighted by Crippen LogP contribution is -2.04. The molecule has 0 radical (unpaired) electrons. The fourth-order valence-corrected chi connectivity index (χ4v) is 6.35. The van der Waals surface area contributed by atoms with Crippen LogP contribution in [0.1, 0.15) is 11.1 Å². The Morgan fingerprint density at radius 1 is 0.423 bits per heavy atom. The zero-order valence-corrected chi connectivity index (χ0v) is 26.7. The Morgan fingerprint density at radius 2 is 0.923 bits per heavy atom. The van der Waals surface area contributed by atoms with Gasteiger partial charge >= 0.3 is 12.4 Å². The van der Waals surface area contributed by atoms with Gasteiger partial charge in [-0.1, -0.05) is 78.9 Å². The summed E-state index contributed by atoms with van der Waals surface area (Å²) in [5.74, 6) is 0.447. The first-order chi connectivity index (χ1) is 24.9. The van der Waals surface area contributed by atoms with Crippen molar-refractivity contribution in [2.75, 3.05) is 0 Å². The van der Waals surface area contributed by atoms with E-state index < -0.39 is 29.3 Å². The second-order valence-corrected chi connectivity index (χ2v) is 12.1. The summed E-state index contributed by atoms with van der Waals surface area (Å²) < 4.78 is 99.4. The standard InChI is InChI=1S/C41H23F7N4/c42-29-13-7-12-26(20-29)31-17-16-30(23-34(31)39-50-37(24-8-3-1-4-9-24)49-38(51-39)25-10-5-2-6-11-25)52-35-18-14-27(40(43,44)45)21-32(35)33-22-28(41(46,47)48)15-19-36(33)52/h1-23H. The lowest BCUT2D eigenvalue weighted by atomic mass is 9.98. The molecule has 256 valence electrons. The van der Waals surface area contributed by atoms with E-state index in [2.05, 4.69) is 0 Å². The number of halogens is 7. The van der Waals surface area contributed by atoms with Crippen LogP contribution in [0, 0.1) is 5.82 Å². The highest BCUT2D eigenvalue weighted by Crippen LogP contribution is 2.41. The highest BCUT2D eigenvalue weighted by molar-refractivity contribution is 6.10. The largest absolute Gasteiger partial charge is 0.416 e. The molecule has 0 N–H and O–H groups in total. The van der Waals surface area contributed by atoms with Crippen molar-refractivity contribution < 1.29 is 30.7 Å². The predicted molar refractivity (Wildman–Crippen MR) is 186 cm³/mol. The zero-order valence-electron chi connectivity index (χ0n) is 26.7. The average Bonchev–Trinajstić information content (AvgIpc) is 3.47. The van der Waals surface area contributed by atoms with E-state index in [1.54, 1.807) is 34.9 Å². The Labute approximate surface area is 291 Å². The quantitative estimate of drug-likeness (QED) is 0.168. The van der Waals surface area contributed by atoms with Crippen LogP contribution in [0.4, 0.5) is 30.7 Å². The molecule has 0 unspecified atom stereocenters. The van der Waals surface area contributed by atoms with E-state index in [1.807, 2.05) is 60.7 Å². The molecule has 8 rings (SSSR count). The van der Waals surface area contributed by atoms with Gasteiger partial charge in [0.1, 0.15) is 5.82 Å². The summed E-state index contributed by atoms with van der Waals surface area (Å²) in [5.41, 5.74) is 1.77. The summed E-state index contributed by atoms with van der Waals surface area (Å²) >= 11 is 0. The van der Waals surface area contributed by atoms with Crippen molar-refractivity contribution in [1.82, 2.24) is 19.5 Å². The summed E-state index contributed by atoms with van der Waals surface area (Å²) in [4.78, 5) is 14.5. The van der Waals surface area contributed by atoms with E-state index >= 15 is 0 Å². The first-order valence-electron chi connectivity index (χ1n) is 15.9. The second-order valence-electron chi connectivity index (χ2n) is 12.1. The van der Waals surface area contributed by atoms with E-state index in [9.17, 15) is 30.7 Å². The molecule has 2 heterocycles. The summed E-state index contributed by atoms with van der Waals surface area (Å²) in [6, 6.07) is 35.5. The molecule has 0 saturated heterocycles. The molecule has 0 aliphatic carbocycles. The van der Waals surface area contributed by atoms with Crippen LogP contribution in [0.3, 0.4) is 0 Å². The van der Waals surface area contributed by atoms with Gasteiger partial charge < -0.3 is 4.57 Å². The Kier molecular flexibility index (Phi) is 7.86. The summed E-state index contributed by atoms with van der Waals surface area (Å²) in [7, 11) is 0. The van der Waals surface area contributed by atoms with Gasteiger partial charge in [0.05, 0.1) is 22.2 Å². The van der Waals surface area contributed by atoms with Crippen molar-refractivity contribution >= 4 is 21.8 Å². The molecular formula is C41H23F7N4. The van der Waals surface area contributed by atoms with Gasteiger partial charge in [-0.2, -0.15) is 26.3 Å². The third-order valence-electron chi connectivity index (χ3n) is 8.76. The second kappa shape index (κ2) is 12.4. The molecule has 6 aromatic carbocycles. The van der Waals surface area contributed by atoms with Crippen LogP contribution < -0.4 is 0 Å². The fourth-order valence-electron chi connectivity index (χ4n) is 6.35. The van der Waals surface area contributed by atoms with Crippen LogP contribution >= 0.6 is 0 Å². The molecule has 4 nitrogen and oxygen atoms in total. The summed E-state index contributed by atoms with van der Waals surface area (Å²) in [5, 5.41) is -0.0193. The normalized spacial score (nSPS) is 12.1. The number of rotatable bonds is 5. The number of alkyl halides is 6. The molecule has 0 spiro atoms. The minimum atomic E-state index is -4.73. The molecule has 52 heavy (non-hydrogen) atoms. The first-order valence-corrected chi connectivity index (χ1v) is 15.9. The van der Waals surface area contributed by atoms with Crippen LogP contribution in [0.25, 0.3) is 72.8 Å². The van der Waals surface area contributed by atoms with Crippen molar-refractivity contribution in [3.63, 3.8) is 0 Å². The van der Waals surface area contributed by atoms with Crippen molar-refractivity contribution in [3.8, 4) is 51.0 Å². The number of hydrogen-bond donors (Lipinski definition) is 0. The van der Waals surface area contributed by atoms with Crippen LogP contribution in [0.15, 0.2) is 140 Å². The highest BCUT2D eigenvalue weighted by Gasteiger charge is 2.33. The zero-order chi connectivity index (χ0) is 36.2. The molecule has 8 aromatic rings. The third-order valence-corrected chi connectivity index (χ3v) is 8.76. The van der Waals surface area contributed by atoms with Gasteiger partial charge in [-0.25, -0.2) is 19.3 Å². The molecule has 0 aliphatic heterocycles. The Bertz CT molecular complexity index is 2480. The van der Waals surface area contributed by atoms with Gasteiger partial charge in [-0.05, 0) is 71.8 Å². The van der Waals surface area contributed by atoms with Crippen molar-refractivity contribution in [2.24, 2.45) is 0 Å². The maximum atomic E-state index is 14.6. The van der Waals surface area contributed by atoms with Crippen LogP contribution in [0.2, 0.25) is 0 Å². The van der Waals surface area contributed by atoms with Gasteiger partial charge in [-0.3, -0.25) is 0 Å². The monoisotopic (exact) mass is 704 g/mol. The lowest BCUT2D eigenvalue weighted by Gasteiger charge is -2.16. The molecule has 11 heteroatoms. The number of nitrogens with zero attached hydrogens (tertiary/aromatic N) is 4. The average molecular weight is 705 g/mol. The lowest BCUT2D eigenvalue weighted by molar-refractivity contribution is -0.138. The first kappa shape index (κ1) is 32.8. The van der Waals surface area contributed by atoms with E-state index in [4.69, 9.17) is 15.0 Å². The molecule has 0 amide bonds. The van der Waals surface area contributed by atoms with Gasteiger partial charge in [0.25, 0.3) is 0 Å². The van der Waals surface area contributed by atoms with E-state index in [1.165, 1.54) is 24.3 Å². The van der Waals surface area contributed by atoms with Crippen LogP contribution in [-0.4, -0.2) is 19.5 Å². The molecule has 0 saturated carbocycles. The van der Waals surface area contributed by atoms with E-state index in [0.29, 0.717) is 45.2 Å². The van der Waals surface area contributed by atoms with Gasteiger partial charge in [-0.15, -0.1) is 0 Å². The van der Waals surface area contributed by atoms with E-state index in [0.717, 1.165) is 24.3 Å². The Hall–Kier alpha value is -6.36. The van der Waals surface area contributed by atoms with Gasteiger partial charge in [0.15, 0.2) is 17.5 Å². The molecule has 0 aliphatic rings. The van der Waals surface area contributed by atoms with Crippen LogP contribution in [0.5, 0.6) is 0 Å². The van der Waals surface area contributed by atoms with Crippen molar-refractivity contribution in [3.05, 3.63) is 156 Å². The van der Waals surface area contributed by atoms with Crippen molar-refractivity contribution in [2.45, 2.75) is 12.4 Å². The SMILES string of the molecule is Fc1cccc(-c2ccc(-n3c4ccc(C(F)(F)F)cc4c4cc(C(F)(F)F)ccc43)cc2-c2nc(-c3ccccc3)nc(-c3ccccc3)n2)c1. The van der Waals surface area contributed by atoms with Crippen molar-refractivity contribution in [1.29, 1.82) is 0 Å². The molecule has 0 fully saturated rings. The minimum absolute atomic E-state index is 0.00966. The predicted octanol–water partition coefficient (Wildman–Crippen LogP) is 11.8. The third kappa shape index (κ3) is 6.04. The van der Waals surface area contributed by atoms with Crippen LogP contribution in [-0.2, 0) is 12.4 Å². The Balaban J connectivity index is 1.43. The number of aromatic nitrogens is 4. The fraction of sp³-hybridized carbons (Fsp3) is 0.0488. The summed E-state index contributed by atoms with van der Waals surface area (Å²) in [6.07, 6.45) is -9.45. The number of benzene rings is 6.